The minimum Gasteiger partial charge on any atom is -0.487 e. The van der Waals surface area contributed by atoms with Crippen LogP contribution < -0.4 is 9.47 Å². The number of ether oxygens (including phenoxy) is 2. The number of hydrogen-bond donors (Lipinski definition) is 1. The molecule has 1 heterocycles. The Morgan fingerprint density at radius 2 is 2.00 bits per heavy atom. The van der Waals surface area contributed by atoms with E-state index in [-0.39, 0.29) is 12.0 Å². The standard InChI is InChI=1S/C19H18ClNO5/c20-16-6-1-2-7-17(16)26-15-8-9-21(11-15)19(24)13-4-3-5-14(10-13)25-12-18(22)23/h1-7,10,15H,8-9,11-12H2,(H,22,23). The fraction of sp³-hybridized carbons (Fsp3) is 0.263. The van der Waals surface area contributed by atoms with Crippen molar-refractivity contribution < 1.29 is 24.2 Å². The van der Waals surface area contributed by atoms with E-state index in [9.17, 15) is 9.59 Å². The van der Waals surface area contributed by atoms with Crippen molar-refractivity contribution in [2.24, 2.45) is 0 Å². The maximum absolute atomic E-state index is 12.7. The van der Waals surface area contributed by atoms with Crippen LogP contribution in [0.3, 0.4) is 0 Å². The minimum absolute atomic E-state index is 0.120. The van der Waals surface area contributed by atoms with E-state index in [2.05, 4.69) is 0 Å². The molecule has 7 heteroatoms. The van der Waals surface area contributed by atoms with Crippen LogP contribution in [0.25, 0.3) is 0 Å². The van der Waals surface area contributed by atoms with E-state index in [1.807, 2.05) is 12.1 Å². The molecule has 1 aliphatic rings. The molecule has 2 aromatic rings. The molecule has 0 aromatic heterocycles. The summed E-state index contributed by atoms with van der Waals surface area (Å²) in [6.45, 7) is 0.591. The van der Waals surface area contributed by atoms with E-state index in [0.29, 0.717) is 41.6 Å². The fourth-order valence-electron chi connectivity index (χ4n) is 2.78. The minimum atomic E-state index is -1.07. The molecule has 26 heavy (non-hydrogen) atoms. The molecule has 2 aromatic carbocycles. The Bertz CT molecular complexity index is 810. The highest BCUT2D eigenvalue weighted by Crippen LogP contribution is 2.27. The van der Waals surface area contributed by atoms with Crippen LogP contribution in [-0.2, 0) is 4.79 Å². The zero-order chi connectivity index (χ0) is 18.5. The van der Waals surface area contributed by atoms with Gasteiger partial charge in [-0.15, -0.1) is 0 Å². The van der Waals surface area contributed by atoms with Gasteiger partial charge >= 0.3 is 5.97 Å². The lowest BCUT2D eigenvalue weighted by Gasteiger charge is -2.18. The first-order valence-electron chi connectivity index (χ1n) is 8.18. The predicted octanol–water partition coefficient (Wildman–Crippen LogP) is 3.10. The number of nitrogens with zero attached hydrogens (tertiary/aromatic N) is 1. The molecule has 0 aliphatic carbocycles. The summed E-state index contributed by atoms with van der Waals surface area (Å²) in [5.41, 5.74) is 0.450. The van der Waals surface area contributed by atoms with Crippen LogP contribution in [-0.4, -0.2) is 47.7 Å². The second kappa shape index (κ2) is 8.10. The van der Waals surface area contributed by atoms with Crippen LogP contribution in [0.5, 0.6) is 11.5 Å². The Kier molecular flexibility index (Phi) is 5.63. The fourth-order valence-corrected chi connectivity index (χ4v) is 2.96. The number of carboxylic acids is 1. The maximum Gasteiger partial charge on any atom is 0.341 e. The summed E-state index contributed by atoms with van der Waals surface area (Å²) >= 11 is 6.11. The number of carbonyl (C=O) groups is 2. The van der Waals surface area contributed by atoms with Gasteiger partial charge in [0, 0.05) is 18.5 Å². The lowest BCUT2D eigenvalue weighted by Crippen LogP contribution is -2.31. The van der Waals surface area contributed by atoms with Gasteiger partial charge in [0.15, 0.2) is 6.61 Å². The highest BCUT2D eigenvalue weighted by atomic mass is 35.5. The summed E-state index contributed by atoms with van der Waals surface area (Å²) in [4.78, 5) is 25.0. The molecule has 0 radical (unpaired) electrons. The zero-order valence-electron chi connectivity index (χ0n) is 13.9. The van der Waals surface area contributed by atoms with E-state index in [1.165, 1.54) is 0 Å². The summed E-state index contributed by atoms with van der Waals surface area (Å²) in [6.07, 6.45) is 0.594. The third kappa shape index (κ3) is 4.46. The molecule has 0 spiro atoms. The Balaban J connectivity index is 1.61. The lowest BCUT2D eigenvalue weighted by atomic mass is 10.2. The monoisotopic (exact) mass is 375 g/mol. The molecule has 3 rings (SSSR count). The Labute approximate surface area is 155 Å². The van der Waals surface area contributed by atoms with E-state index < -0.39 is 12.6 Å². The topological polar surface area (TPSA) is 76.1 Å². The van der Waals surface area contributed by atoms with Crippen LogP contribution in [0.4, 0.5) is 0 Å². The molecule has 0 saturated carbocycles. The molecule has 1 unspecified atom stereocenters. The second-order valence-corrected chi connectivity index (χ2v) is 6.33. The number of aliphatic carboxylic acids is 1. The van der Waals surface area contributed by atoms with Gasteiger partial charge in [0.25, 0.3) is 5.91 Å². The third-order valence-electron chi connectivity index (χ3n) is 4.01. The number of hydrogen-bond acceptors (Lipinski definition) is 4. The SMILES string of the molecule is O=C(O)COc1cccc(C(=O)N2CCC(Oc3ccccc3Cl)C2)c1. The van der Waals surface area contributed by atoms with Gasteiger partial charge in [0.1, 0.15) is 17.6 Å². The first-order chi connectivity index (χ1) is 12.5. The number of rotatable bonds is 6. The first-order valence-corrected chi connectivity index (χ1v) is 8.56. The van der Waals surface area contributed by atoms with Gasteiger partial charge in [0.2, 0.25) is 0 Å². The molecule has 1 saturated heterocycles. The van der Waals surface area contributed by atoms with Gasteiger partial charge in [-0.3, -0.25) is 4.79 Å². The largest absolute Gasteiger partial charge is 0.487 e. The van der Waals surface area contributed by atoms with Crippen LogP contribution >= 0.6 is 11.6 Å². The molecular formula is C19H18ClNO5. The Morgan fingerprint density at radius 1 is 1.19 bits per heavy atom. The third-order valence-corrected chi connectivity index (χ3v) is 4.32. The van der Waals surface area contributed by atoms with Gasteiger partial charge in [-0.05, 0) is 30.3 Å². The smallest absolute Gasteiger partial charge is 0.341 e. The summed E-state index contributed by atoms with van der Waals surface area (Å²) in [5.74, 6) is -0.254. The average molecular weight is 376 g/mol. The first kappa shape index (κ1) is 18.1. The number of carboxylic acid groups (broad SMARTS) is 1. The molecule has 1 N–H and O–H groups in total. The summed E-state index contributed by atoms with van der Waals surface area (Å²) in [5, 5.41) is 9.21. The quantitative estimate of drug-likeness (QED) is 0.839. The summed E-state index contributed by atoms with van der Waals surface area (Å²) < 4.78 is 11.0. The van der Waals surface area contributed by atoms with Crippen LogP contribution in [0.1, 0.15) is 16.8 Å². The zero-order valence-corrected chi connectivity index (χ0v) is 14.7. The molecule has 0 bridgehead atoms. The summed E-state index contributed by atoms with van der Waals surface area (Å²) in [7, 11) is 0. The predicted molar refractivity (Wildman–Crippen MR) is 96.0 cm³/mol. The van der Waals surface area contributed by atoms with Crippen molar-refractivity contribution in [2.75, 3.05) is 19.7 Å². The van der Waals surface area contributed by atoms with E-state index in [1.54, 1.807) is 41.3 Å². The summed E-state index contributed by atoms with van der Waals surface area (Å²) in [6, 6.07) is 13.8. The van der Waals surface area contributed by atoms with Crippen molar-refractivity contribution in [3.05, 3.63) is 59.1 Å². The number of para-hydroxylation sites is 1. The van der Waals surface area contributed by atoms with Gasteiger partial charge in [-0.25, -0.2) is 4.79 Å². The molecule has 1 fully saturated rings. The van der Waals surface area contributed by atoms with E-state index in [4.69, 9.17) is 26.2 Å². The number of amides is 1. The highest BCUT2D eigenvalue weighted by Gasteiger charge is 2.28. The maximum atomic E-state index is 12.7. The normalized spacial score (nSPS) is 16.3. The number of likely N-dealkylation sites (tertiary alicyclic amines) is 1. The van der Waals surface area contributed by atoms with Gasteiger partial charge < -0.3 is 19.5 Å². The second-order valence-electron chi connectivity index (χ2n) is 5.92. The molecule has 6 nitrogen and oxygen atoms in total. The van der Waals surface area contributed by atoms with Crippen molar-refractivity contribution in [1.82, 2.24) is 4.90 Å². The number of benzene rings is 2. The van der Waals surface area contributed by atoms with Crippen LogP contribution in [0.15, 0.2) is 48.5 Å². The van der Waals surface area contributed by atoms with Crippen LogP contribution in [0.2, 0.25) is 5.02 Å². The molecule has 1 atom stereocenters. The van der Waals surface area contributed by atoms with Crippen molar-refractivity contribution in [2.45, 2.75) is 12.5 Å². The highest BCUT2D eigenvalue weighted by molar-refractivity contribution is 6.32. The molecule has 1 aliphatic heterocycles. The lowest BCUT2D eigenvalue weighted by molar-refractivity contribution is -0.139. The van der Waals surface area contributed by atoms with Crippen molar-refractivity contribution in [3.63, 3.8) is 0 Å². The van der Waals surface area contributed by atoms with Gasteiger partial charge in [-0.1, -0.05) is 29.8 Å². The molecule has 136 valence electrons. The van der Waals surface area contributed by atoms with Crippen LogP contribution in [0, 0.1) is 0 Å². The van der Waals surface area contributed by atoms with Crippen molar-refractivity contribution in [1.29, 1.82) is 0 Å². The number of carbonyl (C=O) groups excluding carboxylic acids is 1. The van der Waals surface area contributed by atoms with Crippen molar-refractivity contribution >= 4 is 23.5 Å². The van der Waals surface area contributed by atoms with E-state index in [0.717, 1.165) is 0 Å². The number of halogens is 1. The van der Waals surface area contributed by atoms with E-state index >= 15 is 0 Å². The van der Waals surface area contributed by atoms with Gasteiger partial charge in [0.05, 0.1) is 11.6 Å². The molecule has 1 amide bonds. The molecular weight excluding hydrogens is 358 g/mol. The Hall–Kier alpha value is -2.73. The average Bonchev–Trinajstić information content (AvgIpc) is 3.10. The van der Waals surface area contributed by atoms with Crippen molar-refractivity contribution in [3.8, 4) is 11.5 Å². The van der Waals surface area contributed by atoms with Gasteiger partial charge in [-0.2, -0.15) is 0 Å². The Morgan fingerprint density at radius 3 is 2.77 bits per heavy atom.